The van der Waals surface area contributed by atoms with Crippen molar-refractivity contribution in [3.63, 3.8) is 0 Å². The van der Waals surface area contributed by atoms with Gasteiger partial charge in [0.1, 0.15) is 0 Å². The van der Waals surface area contributed by atoms with Crippen molar-refractivity contribution in [2.24, 2.45) is 5.92 Å². The van der Waals surface area contributed by atoms with E-state index in [9.17, 15) is 18.4 Å². The molecule has 3 aromatic rings. The minimum atomic E-state index is -2.51. The van der Waals surface area contributed by atoms with Crippen molar-refractivity contribution in [2.45, 2.75) is 69.8 Å². The van der Waals surface area contributed by atoms with Crippen LogP contribution in [0.5, 0.6) is 0 Å². The van der Waals surface area contributed by atoms with Crippen molar-refractivity contribution in [2.75, 3.05) is 13.1 Å². The highest BCUT2D eigenvalue weighted by Gasteiger charge is 2.46. The summed E-state index contributed by atoms with van der Waals surface area (Å²) >= 11 is 0. The topological polar surface area (TPSA) is 49.4 Å². The van der Waals surface area contributed by atoms with Crippen LogP contribution in [0.1, 0.15) is 78.7 Å². The van der Waals surface area contributed by atoms with Gasteiger partial charge in [-0.05, 0) is 42.9 Å². The summed E-state index contributed by atoms with van der Waals surface area (Å²) < 4.78 is 25.8. The zero-order valence-electron chi connectivity index (χ0n) is 23.1. The Morgan fingerprint density at radius 3 is 2.25 bits per heavy atom. The first-order valence-corrected chi connectivity index (χ1v) is 14.4. The Bertz CT molecular complexity index is 1290. The van der Waals surface area contributed by atoms with Gasteiger partial charge in [-0.1, -0.05) is 104 Å². The molecule has 1 N–H and O–H groups in total. The molecule has 4 nitrogen and oxygen atoms in total. The summed E-state index contributed by atoms with van der Waals surface area (Å²) in [6, 6.07) is 24.5. The fourth-order valence-corrected chi connectivity index (χ4v) is 6.55. The Morgan fingerprint density at radius 1 is 0.925 bits per heavy atom. The van der Waals surface area contributed by atoms with Crippen LogP contribution in [0.15, 0.2) is 78.9 Å². The van der Waals surface area contributed by atoms with Gasteiger partial charge in [-0.25, -0.2) is 8.78 Å². The fourth-order valence-electron chi connectivity index (χ4n) is 6.55. The molecule has 0 radical (unpaired) electrons. The van der Waals surface area contributed by atoms with E-state index in [0.717, 1.165) is 48.8 Å². The first-order chi connectivity index (χ1) is 19.4. The highest BCUT2D eigenvalue weighted by molar-refractivity contribution is 5.89. The van der Waals surface area contributed by atoms with E-state index in [4.69, 9.17) is 0 Å². The molecule has 1 saturated heterocycles. The molecule has 0 aromatic heterocycles. The molecule has 2 atom stereocenters. The molecular formula is C34H38F2N2O2. The van der Waals surface area contributed by atoms with Gasteiger partial charge in [-0.3, -0.25) is 9.59 Å². The van der Waals surface area contributed by atoms with Gasteiger partial charge >= 0.3 is 0 Å². The number of carbonyl (C=O) groups is 2. The number of alkyl halides is 2. The van der Waals surface area contributed by atoms with Crippen LogP contribution in [-0.4, -0.2) is 29.8 Å². The lowest BCUT2D eigenvalue weighted by Crippen LogP contribution is -2.53. The summed E-state index contributed by atoms with van der Waals surface area (Å²) in [6.07, 6.45) is 3.01. The second kappa shape index (κ2) is 12.3. The van der Waals surface area contributed by atoms with Crippen molar-refractivity contribution in [3.05, 3.63) is 107 Å². The monoisotopic (exact) mass is 544 g/mol. The number of nitrogens with one attached hydrogen (secondary N) is 1. The molecule has 2 fully saturated rings. The molecule has 6 heteroatoms. The van der Waals surface area contributed by atoms with Crippen molar-refractivity contribution in [3.8, 4) is 0 Å². The molecule has 5 rings (SSSR count). The van der Waals surface area contributed by atoms with Crippen LogP contribution in [-0.2, 0) is 21.5 Å². The van der Waals surface area contributed by atoms with Crippen LogP contribution in [0, 0.1) is 12.8 Å². The maximum absolute atomic E-state index is 14.4. The molecule has 1 aliphatic carbocycles. The molecule has 210 valence electrons. The molecule has 3 aromatic carbocycles. The van der Waals surface area contributed by atoms with Gasteiger partial charge in [0, 0.05) is 37.0 Å². The molecule has 1 aliphatic heterocycles. The largest absolute Gasteiger partial charge is 0.352 e. The number of nitrogens with zero attached hydrogens (tertiary/aromatic N) is 1. The number of piperidine rings is 1. The highest BCUT2D eigenvalue weighted by Crippen LogP contribution is 2.43. The Hall–Kier alpha value is -3.54. The van der Waals surface area contributed by atoms with Gasteiger partial charge in [0.2, 0.25) is 11.8 Å². The van der Waals surface area contributed by atoms with Gasteiger partial charge in [-0.2, -0.15) is 0 Å². The lowest BCUT2D eigenvalue weighted by molar-refractivity contribution is -0.143. The Balaban J connectivity index is 1.35. The molecule has 1 saturated carbocycles. The molecule has 0 spiro atoms. The predicted molar refractivity (Wildman–Crippen MR) is 153 cm³/mol. The number of rotatable bonds is 7. The minimum absolute atomic E-state index is 0.0300. The maximum atomic E-state index is 14.4. The summed E-state index contributed by atoms with van der Waals surface area (Å²) in [5.74, 6) is -0.285. The standard InChI is InChI=1S/C34H38F2N2O2/c1-24-10-16-28(17-11-24)34(19-6-3-7-20-34)33(40)38-21-18-29(30(23-38)26-8-4-2-5-9-26)32(39)37-22-25-12-14-27(15-13-25)31(35)36/h2,4-5,8-17,29-31H,3,6-7,18-23H2,1H3,(H,37,39)/t29-,30-/m0/s1. The van der Waals surface area contributed by atoms with Gasteiger partial charge in [0.05, 0.1) is 5.41 Å². The Kier molecular flexibility index (Phi) is 8.63. The van der Waals surface area contributed by atoms with Gasteiger partial charge in [0.15, 0.2) is 0 Å². The highest BCUT2D eigenvalue weighted by atomic mass is 19.3. The zero-order valence-corrected chi connectivity index (χ0v) is 23.1. The first-order valence-electron chi connectivity index (χ1n) is 14.4. The summed E-state index contributed by atoms with van der Waals surface area (Å²) in [5.41, 5.74) is 3.58. The van der Waals surface area contributed by atoms with E-state index in [1.54, 1.807) is 12.1 Å². The number of likely N-dealkylation sites (tertiary alicyclic amines) is 1. The second-order valence-electron chi connectivity index (χ2n) is 11.4. The van der Waals surface area contributed by atoms with Gasteiger partial charge in [0.25, 0.3) is 6.43 Å². The third kappa shape index (κ3) is 5.96. The Morgan fingerprint density at radius 2 is 1.60 bits per heavy atom. The number of hydrogen-bond donors (Lipinski definition) is 1. The van der Waals surface area contributed by atoms with Crippen molar-refractivity contribution < 1.29 is 18.4 Å². The van der Waals surface area contributed by atoms with Crippen LogP contribution in [0.4, 0.5) is 8.78 Å². The zero-order chi connectivity index (χ0) is 28.1. The second-order valence-corrected chi connectivity index (χ2v) is 11.4. The predicted octanol–water partition coefficient (Wildman–Crippen LogP) is 7.08. The lowest BCUT2D eigenvalue weighted by Gasteiger charge is -2.45. The van der Waals surface area contributed by atoms with Crippen LogP contribution >= 0.6 is 0 Å². The van der Waals surface area contributed by atoms with Crippen LogP contribution in [0.25, 0.3) is 0 Å². The van der Waals surface area contributed by atoms with E-state index >= 15 is 0 Å². The van der Waals surface area contributed by atoms with E-state index in [-0.39, 0.29) is 35.8 Å². The average Bonchev–Trinajstić information content (AvgIpc) is 3.00. The van der Waals surface area contributed by atoms with Crippen molar-refractivity contribution in [1.82, 2.24) is 10.2 Å². The normalized spacial score (nSPS) is 20.8. The van der Waals surface area contributed by atoms with Crippen molar-refractivity contribution in [1.29, 1.82) is 0 Å². The molecule has 0 unspecified atom stereocenters. The van der Waals surface area contributed by atoms with Crippen molar-refractivity contribution >= 4 is 11.8 Å². The summed E-state index contributed by atoms with van der Waals surface area (Å²) in [6.45, 7) is 3.38. The molecule has 1 heterocycles. The van der Waals surface area contributed by atoms with E-state index in [1.807, 2.05) is 35.2 Å². The fraction of sp³-hybridized carbons (Fsp3) is 0.412. The number of benzene rings is 3. The number of aryl methyl sites for hydroxylation is 1. The summed E-state index contributed by atoms with van der Waals surface area (Å²) in [7, 11) is 0. The molecule has 0 bridgehead atoms. The Labute approximate surface area is 235 Å². The number of amides is 2. The minimum Gasteiger partial charge on any atom is -0.352 e. The summed E-state index contributed by atoms with van der Waals surface area (Å²) in [4.78, 5) is 29.9. The smallest absolute Gasteiger partial charge is 0.263 e. The first kappa shape index (κ1) is 28.0. The van der Waals surface area contributed by atoms with Crippen LogP contribution in [0.2, 0.25) is 0 Å². The molecule has 40 heavy (non-hydrogen) atoms. The van der Waals surface area contributed by atoms with E-state index in [2.05, 4.69) is 36.5 Å². The SMILES string of the molecule is Cc1ccc(C2(C(=O)N3CC[C@H](C(=O)NCc4ccc(C(F)F)cc4)[C@H](c4ccccc4)C3)CCCCC2)cc1. The van der Waals surface area contributed by atoms with E-state index < -0.39 is 11.8 Å². The van der Waals surface area contributed by atoms with E-state index in [0.29, 0.717) is 19.5 Å². The van der Waals surface area contributed by atoms with Crippen LogP contribution in [0.3, 0.4) is 0 Å². The third-order valence-electron chi connectivity index (χ3n) is 8.88. The van der Waals surface area contributed by atoms with E-state index in [1.165, 1.54) is 17.7 Å². The van der Waals surface area contributed by atoms with Crippen LogP contribution < -0.4 is 5.32 Å². The van der Waals surface area contributed by atoms with Gasteiger partial charge in [-0.15, -0.1) is 0 Å². The lowest BCUT2D eigenvalue weighted by atomic mass is 9.67. The third-order valence-corrected chi connectivity index (χ3v) is 8.88. The molecule has 2 amide bonds. The average molecular weight is 545 g/mol. The number of carbonyl (C=O) groups excluding carboxylic acids is 2. The number of halogens is 2. The quantitative estimate of drug-likeness (QED) is 0.345. The number of hydrogen-bond acceptors (Lipinski definition) is 2. The molecule has 2 aliphatic rings. The maximum Gasteiger partial charge on any atom is 0.263 e. The summed E-state index contributed by atoms with van der Waals surface area (Å²) in [5, 5.41) is 3.03. The molecular weight excluding hydrogens is 506 g/mol. The van der Waals surface area contributed by atoms with Gasteiger partial charge < -0.3 is 10.2 Å².